The van der Waals surface area contributed by atoms with Crippen molar-refractivity contribution in [2.24, 2.45) is 5.41 Å². The lowest BCUT2D eigenvalue weighted by Crippen LogP contribution is -2.56. The van der Waals surface area contributed by atoms with Crippen LogP contribution in [-0.2, 0) is 11.0 Å². The summed E-state index contributed by atoms with van der Waals surface area (Å²) in [5, 5.41) is 1.20. The lowest BCUT2D eigenvalue weighted by Gasteiger charge is -2.33. The molecule has 0 aliphatic rings. The monoisotopic (exact) mass is 395 g/mol. The summed E-state index contributed by atoms with van der Waals surface area (Å²) in [7, 11) is 0.895. The summed E-state index contributed by atoms with van der Waals surface area (Å²) < 4.78 is 121. The largest absolute Gasteiger partial charge is 0.495 e. The predicted octanol–water partition coefficient (Wildman–Crippen LogP) is 4.95. The molecule has 0 bridgehead atoms. The maximum atomic E-state index is 13.0. The molecule has 0 aromatic heterocycles. The highest BCUT2D eigenvalue weighted by molar-refractivity contribution is 5.99. The van der Waals surface area contributed by atoms with Crippen molar-refractivity contribution < 1.29 is 49.0 Å². The molecule has 3 nitrogen and oxygen atoms in total. The van der Waals surface area contributed by atoms with E-state index >= 15 is 0 Å². The molecule has 0 saturated carbocycles. The fourth-order valence-corrected chi connectivity index (χ4v) is 1.95. The second kappa shape index (κ2) is 6.72. The van der Waals surface area contributed by atoms with Crippen LogP contribution in [0.15, 0.2) is 30.9 Å². The zero-order valence-electron chi connectivity index (χ0n) is 12.7. The van der Waals surface area contributed by atoms with E-state index in [-0.39, 0.29) is 6.07 Å². The fraction of sp³-hybridized carbons (Fsp3) is 0.357. The summed E-state index contributed by atoms with van der Waals surface area (Å²) in [5.41, 5.74) is -7.47. The average molecular weight is 395 g/mol. The number of anilines is 1. The number of carbonyl (C=O) groups excluding carboxylic acids is 1. The molecule has 0 saturated heterocycles. The van der Waals surface area contributed by atoms with Crippen molar-refractivity contribution in [2.75, 3.05) is 12.4 Å². The average Bonchev–Trinajstić information content (AvgIpc) is 2.44. The number of hydrogen-bond donors (Lipinski definition) is 1. The molecule has 0 atom stereocenters. The second-order valence-electron chi connectivity index (χ2n) is 4.87. The zero-order valence-corrected chi connectivity index (χ0v) is 12.7. The summed E-state index contributed by atoms with van der Waals surface area (Å²) in [6.45, 7) is 2.42. The van der Waals surface area contributed by atoms with Gasteiger partial charge in [-0.3, -0.25) is 4.79 Å². The molecular formula is C14H10F9NO2. The summed E-state index contributed by atoms with van der Waals surface area (Å²) in [4.78, 5) is 11.8. The number of ether oxygens (including phenoxy) is 1. The number of methoxy groups -OCH3 is 1. The molecule has 146 valence electrons. The Balaban J connectivity index is 3.49. The Morgan fingerprint density at radius 1 is 1.04 bits per heavy atom. The zero-order chi connectivity index (χ0) is 20.6. The molecule has 0 spiro atoms. The Bertz CT molecular complexity index is 675. The first kappa shape index (κ1) is 21.6. The van der Waals surface area contributed by atoms with Crippen molar-refractivity contribution in [1.29, 1.82) is 0 Å². The first-order valence-corrected chi connectivity index (χ1v) is 6.45. The predicted molar refractivity (Wildman–Crippen MR) is 71.4 cm³/mol. The molecule has 0 unspecified atom stereocenters. The highest BCUT2D eigenvalue weighted by Gasteiger charge is 2.74. The van der Waals surface area contributed by atoms with E-state index < -0.39 is 52.9 Å². The van der Waals surface area contributed by atoms with Crippen LogP contribution in [-0.4, -0.2) is 25.4 Å². The van der Waals surface area contributed by atoms with Gasteiger partial charge < -0.3 is 10.1 Å². The third-order valence-electron chi connectivity index (χ3n) is 3.33. The van der Waals surface area contributed by atoms with Gasteiger partial charge in [0.1, 0.15) is 5.75 Å². The molecule has 0 fully saturated rings. The van der Waals surface area contributed by atoms with Gasteiger partial charge in [0.05, 0.1) is 18.4 Å². The number of hydrogen-bond acceptors (Lipinski definition) is 2. The van der Waals surface area contributed by atoms with Gasteiger partial charge in [-0.1, -0.05) is 6.08 Å². The summed E-state index contributed by atoms with van der Waals surface area (Å²) in [6, 6.07) is 1.26. The van der Waals surface area contributed by atoms with Crippen molar-refractivity contribution in [3.63, 3.8) is 0 Å². The molecular weight excluding hydrogens is 385 g/mol. The van der Waals surface area contributed by atoms with Gasteiger partial charge in [-0.2, -0.15) is 39.5 Å². The van der Waals surface area contributed by atoms with E-state index in [1.54, 1.807) is 0 Å². The van der Waals surface area contributed by atoms with Crippen LogP contribution >= 0.6 is 0 Å². The molecule has 0 heterocycles. The molecule has 26 heavy (non-hydrogen) atoms. The molecule has 0 aliphatic carbocycles. The van der Waals surface area contributed by atoms with Crippen LogP contribution in [0.5, 0.6) is 5.75 Å². The Kier molecular flexibility index (Phi) is 5.60. The third-order valence-corrected chi connectivity index (χ3v) is 3.33. The molecule has 1 rings (SSSR count). The topological polar surface area (TPSA) is 38.3 Å². The molecule has 1 aromatic carbocycles. The number of carbonyl (C=O) groups is 1. The highest BCUT2D eigenvalue weighted by atomic mass is 19.4. The minimum absolute atomic E-state index is 0.150. The van der Waals surface area contributed by atoms with Crippen molar-refractivity contribution in [1.82, 2.24) is 0 Å². The van der Waals surface area contributed by atoms with Crippen molar-refractivity contribution >= 4 is 11.6 Å². The first-order valence-electron chi connectivity index (χ1n) is 6.45. The van der Waals surface area contributed by atoms with Crippen LogP contribution in [0.2, 0.25) is 0 Å². The second-order valence-corrected chi connectivity index (χ2v) is 4.87. The Hall–Kier alpha value is -2.40. The molecule has 1 aromatic rings. The van der Waals surface area contributed by atoms with E-state index in [9.17, 15) is 44.3 Å². The van der Waals surface area contributed by atoms with Gasteiger partial charge in [0.25, 0.3) is 11.3 Å². The molecule has 1 amide bonds. The van der Waals surface area contributed by atoms with Crippen LogP contribution in [0.3, 0.4) is 0 Å². The SMILES string of the molecule is C=CC(C(=O)Nc1cc(C(F)(F)F)ccc1OC)(C(F)(F)F)C(F)(F)F. The Morgan fingerprint density at radius 2 is 1.54 bits per heavy atom. The molecule has 0 radical (unpaired) electrons. The van der Waals surface area contributed by atoms with E-state index in [0.717, 1.165) is 7.11 Å². The summed E-state index contributed by atoms with van der Waals surface area (Å²) in [6.07, 6.45) is -17.9. The number of halogens is 9. The Labute approximate surface area is 140 Å². The van der Waals surface area contributed by atoms with E-state index in [2.05, 4.69) is 11.3 Å². The van der Waals surface area contributed by atoms with Gasteiger partial charge in [-0.25, -0.2) is 0 Å². The maximum absolute atomic E-state index is 13.0. The minimum atomic E-state index is -6.15. The van der Waals surface area contributed by atoms with Crippen LogP contribution in [0.1, 0.15) is 5.56 Å². The quantitative estimate of drug-likeness (QED) is 0.579. The molecule has 1 N–H and O–H groups in total. The minimum Gasteiger partial charge on any atom is -0.495 e. The Morgan fingerprint density at radius 3 is 1.88 bits per heavy atom. The van der Waals surface area contributed by atoms with E-state index in [1.807, 2.05) is 0 Å². The van der Waals surface area contributed by atoms with Crippen LogP contribution in [0.25, 0.3) is 0 Å². The maximum Gasteiger partial charge on any atom is 0.416 e. The van der Waals surface area contributed by atoms with Gasteiger partial charge >= 0.3 is 18.5 Å². The molecule has 12 heteroatoms. The van der Waals surface area contributed by atoms with Gasteiger partial charge in [0, 0.05) is 0 Å². The number of nitrogens with one attached hydrogen (secondary N) is 1. The number of amides is 1. The molecule has 0 aliphatic heterocycles. The fourth-order valence-electron chi connectivity index (χ4n) is 1.95. The van der Waals surface area contributed by atoms with Gasteiger partial charge in [0.2, 0.25) is 0 Å². The van der Waals surface area contributed by atoms with Crippen molar-refractivity contribution in [3.8, 4) is 5.75 Å². The first-order chi connectivity index (χ1) is 11.6. The van der Waals surface area contributed by atoms with Crippen LogP contribution < -0.4 is 10.1 Å². The van der Waals surface area contributed by atoms with E-state index in [0.29, 0.717) is 12.1 Å². The van der Waals surface area contributed by atoms with E-state index in [4.69, 9.17) is 0 Å². The summed E-state index contributed by atoms with van der Waals surface area (Å²) >= 11 is 0. The van der Waals surface area contributed by atoms with Gasteiger partial charge in [-0.05, 0) is 18.2 Å². The number of rotatable bonds is 4. The van der Waals surface area contributed by atoms with Crippen LogP contribution in [0, 0.1) is 5.41 Å². The van der Waals surface area contributed by atoms with Gasteiger partial charge in [0.15, 0.2) is 0 Å². The standard InChI is InChI=1S/C14H10F9NO2/c1-3-11(13(18,19)20,14(21,22)23)10(25)24-8-6-7(12(15,16)17)4-5-9(8)26-2/h3-6H,1H2,2H3,(H,24,25). The van der Waals surface area contributed by atoms with Crippen molar-refractivity contribution in [3.05, 3.63) is 36.4 Å². The third kappa shape index (κ3) is 3.73. The lowest BCUT2D eigenvalue weighted by molar-refractivity contribution is -0.305. The smallest absolute Gasteiger partial charge is 0.416 e. The normalized spacial score (nSPS) is 13.3. The highest BCUT2D eigenvalue weighted by Crippen LogP contribution is 2.52. The van der Waals surface area contributed by atoms with Crippen molar-refractivity contribution in [2.45, 2.75) is 18.5 Å². The van der Waals surface area contributed by atoms with E-state index in [1.165, 1.54) is 5.32 Å². The van der Waals surface area contributed by atoms with Gasteiger partial charge in [-0.15, -0.1) is 6.58 Å². The number of alkyl halides is 9. The number of benzene rings is 1. The lowest BCUT2D eigenvalue weighted by atomic mass is 9.85. The summed E-state index contributed by atoms with van der Waals surface area (Å²) in [5.74, 6) is -3.25. The van der Waals surface area contributed by atoms with Crippen LogP contribution in [0.4, 0.5) is 45.2 Å².